The van der Waals surface area contributed by atoms with Crippen molar-refractivity contribution in [2.75, 3.05) is 6.61 Å². The van der Waals surface area contributed by atoms with Gasteiger partial charge in [-0.2, -0.15) is 13.2 Å². The van der Waals surface area contributed by atoms with Crippen LogP contribution in [-0.2, 0) is 11.2 Å². The van der Waals surface area contributed by atoms with Crippen LogP contribution in [0.25, 0.3) is 0 Å². The van der Waals surface area contributed by atoms with E-state index in [9.17, 15) is 18.0 Å². The van der Waals surface area contributed by atoms with Gasteiger partial charge in [0.25, 0.3) is 0 Å². The Hall–Kier alpha value is -2.76. The van der Waals surface area contributed by atoms with Crippen LogP contribution in [0.15, 0.2) is 84.4 Å². The molecular formula is C28H25Cl2F3O2. The van der Waals surface area contributed by atoms with E-state index in [0.717, 1.165) is 16.7 Å². The van der Waals surface area contributed by atoms with Crippen LogP contribution in [-0.4, -0.2) is 18.6 Å². The number of halogens is 5. The Morgan fingerprint density at radius 1 is 0.886 bits per heavy atom. The summed E-state index contributed by atoms with van der Waals surface area (Å²) >= 11 is 12.1. The van der Waals surface area contributed by atoms with Crippen molar-refractivity contribution in [2.45, 2.75) is 38.3 Å². The molecule has 0 saturated carbocycles. The highest BCUT2D eigenvalue weighted by Crippen LogP contribution is 2.33. The molecule has 0 heterocycles. The molecule has 0 radical (unpaired) electrons. The minimum absolute atomic E-state index is 0.0390. The maximum atomic E-state index is 12.3. The third kappa shape index (κ3) is 8.15. The Kier molecular flexibility index (Phi) is 9.41. The van der Waals surface area contributed by atoms with Crippen molar-refractivity contribution in [2.24, 2.45) is 0 Å². The van der Waals surface area contributed by atoms with E-state index in [1.54, 1.807) is 24.3 Å². The van der Waals surface area contributed by atoms with Gasteiger partial charge in [-0.1, -0.05) is 71.2 Å². The van der Waals surface area contributed by atoms with Gasteiger partial charge in [0, 0.05) is 22.4 Å². The van der Waals surface area contributed by atoms with E-state index in [1.165, 1.54) is 0 Å². The Labute approximate surface area is 213 Å². The molecule has 0 amide bonds. The second kappa shape index (κ2) is 12.3. The fourth-order valence-corrected chi connectivity index (χ4v) is 4.01. The third-order valence-electron chi connectivity index (χ3n) is 5.60. The van der Waals surface area contributed by atoms with Gasteiger partial charge >= 0.3 is 6.18 Å². The highest BCUT2D eigenvalue weighted by Gasteiger charge is 2.37. The SMILES string of the molecule is C/C(=C\CCOc1ccc(CCC(=O)C(F)(F)F)cc1)C(c1ccc(Cl)cc1)c1ccc(Cl)cc1. The number of ether oxygens (including phenoxy) is 1. The van der Waals surface area contributed by atoms with Crippen molar-refractivity contribution < 1.29 is 22.7 Å². The molecule has 0 unspecified atom stereocenters. The molecule has 0 N–H and O–H groups in total. The van der Waals surface area contributed by atoms with Crippen LogP contribution in [0.5, 0.6) is 5.75 Å². The highest BCUT2D eigenvalue weighted by atomic mass is 35.5. The molecule has 3 aromatic carbocycles. The van der Waals surface area contributed by atoms with Gasteiger partial charge in [0.1, 0.15) is 5.75 Å². The summed E-state index contributed by atoms with van der Waals surface area (Å²) in [6.07, 6.45) is -2.50. The van der Waals surface area contributed by atoms with Gasteiger partial charge in [0.2, 0.25) is 5.78 Å². The minimum Gasteiger partial charge on any atom is -0.493 e. The van der Waals surface area contributed by atoms with Crippen LogP contribution in [0, 0.1) is 0 Å². The first-order chi connectivity index (χ1) is 16.6. The molecule has 0 aromatic heterocycles. The number of hydrogen-bond donors (Lipinski definition) is 0. The third-order valence-corrected chi connectivity index (χ3v) is 6.10. The second-order valence-corrected chi connectivity index (χ2v) is 9.06. The molecule has 184 valence electrons. The number of rotatable bonds is 10. The molecule has 0 saturated heterocycles. The molecule has 3 rings (SSSR count). The predicted molar refractivity (Wildman–Crippen MR) is 134 cm³/mol. The van der Waals surface area contributed by atoms with E-state index in [4.69, 9.17) is 27.9 Å². The maximum Gasteiger partial charge on any atom is 0.449 e. The summed E-state index contributed by atoms with van der Waals surface area (Å²) in [6.45, 7) is 2.52. The maximum absolute atomic E-state index is 12.3. The fraction of sp³-hybridized carbons (Fsp3) is 0.250. The summed E-state index contributed by atoms with van der Waals surface area (Å²) in [5, 5.41) is 1.35. The number of Topliss-reactive ketones (excluding diaryl/α,β-unsaturated/α-hetero) is 1. The molecule has 0 bridgehead atoms. The zero-order chi connectivity index (χ0) is 25.4. The van der Waals surface area contributed by atoms with Crippen molar-refractivity contribution >= 4 is 29.0 Å². The van der Waals surface area contributed by atoms with Gasteiger partial charge in [-0.3, -0.25) is 4.79 Å². The molecule has 3 aromatic rings. The number of carbonyl (C=O) groups is 1. The number of allylic oxidation sites excluding steroid dienone is 1. The van der Waals surface area contributed by atoms with Crippen molar-refractivity contribution in [1.29, 1.82) is 0 Å². The molecule has 0 fully saturated rings. The number of aryl methyl sites for hydroxylation is 1. The van der Waals surface area contributed by atoms with Gasteiger partial charge in [-0.15, -0.1) is 0 Å². The summed E-state index contributed by atoms with van der Waals surface area (Å²) in [4.78, 5) is 11.0. The van der Waals surface area contributed by atoms with Gasteiger partial charge < -0.3 is 4.74 Å². The fourth-order valence-electron chi connectivity index (χ4n) is 3.76. The standard InChI is InChI=1S/C28H25Cl2F3O2/c1-19(27(21-7-11-23(29)12-8-21)22-9-13-24(30)14-10-22)3-2-18-35-25-15-4-20(5-16-25)6-17-26(34)28(31,32)33/h3-5,7-16,27H,2,6,17-18H2,1H3/b19-3+. The first kappa shape index (κ1) is 26.8. The number of carbonyl (C=O) groups excluding carboxylic acids is 1. The van der Waals surface area contributed by atoms with Gasteiger partial charge in [-0.25, -0.2) is 0 Å². The Morgan fingerprint density at radius 2 is 1.40 bits per heavy atom. The van der Waals surface area contributed by atoms with Crippen LogP contribution in [0.2, 0.25) is 10.0 Å². The summed E-state index contributed by atoms with van der Waals surface area (Å²) < 4.78 is 42.8. The topological polar surface area (TPSA) is 26.3 Å². The average Bonchev–Trinajstić information content (AvgIpc) is 2.83. The van der Waals surface area contributed by atoms with Crippen LogP contribution >= 0.6 is 23.2 Å². The average molecular weight is 521 g/mol. The Balaban J connectivity index is 1.59. The normalized spacial score (nSPS) is 12.1. The molecule has 35 heavy (non-hydrogen) atoms. The summed E-state index contributed by atoms with van der Waals surface area (Å²) in [5.74, 6) is -1.05. The smallest absolute Gasteiger partial charge is 0.449 e. The molecule has 7 heteroatoms. The first-order valence-corrected chi connectivity index (χ1v) is 11.9. The van der Waals surface area contributed by atoms with E-state index in [2.05, 4.69) is 13.0 Å². The lowest BCUT2D eigenvalue weighted by Crippen LogP contribution is -2.22. The zero-order valence-corrected chi connectivity index (χ0v) is 20.6. The van der Waals surface area contributed by atoms with E-state index >= 15 is 0 Å². The summed E-state index contributed by atoms with van der Waals surface area (Å²) in [5.41, 5.74) is 4.04. The van der Waals surface area contributed by atoms with Gasteiger partial charge in [0.15, 0.2) is 0 Å². The van der Waals surface area contributed by atoms with Gasteiger partial charge in [0.05, 0.1) is 6.61 Å². The summed E-state index contributed by atoms with van der Waals surface area (Å²) in [6, 6.07) is 22.3. The lowest BCUT2D eigenvalue weighted by atomic mass is 9.85. The minimum atomic E-state index is -4.78. The number of hydrogen-bond acceptors (Lipinski definition) is 2. The molecule has 0 spiro atoms. The van der Waals surface area contributed by atoms with Crippen molar-refractivity contribution in [3.05, 3.63) is 111 Å². The lowest BCUT2D eigenvalue weighted by molar-refractivity contribution is -0.171. The molecule has 0 aliphatic heterocycles. The van der Waals surface area contributed by atoms with Gasteiger partial charge in [-0.05, 0) is 72.9 Å². The van der Waals surface area contributed by atoms with Crippen molar-refractivity contribution in [3.63, 3.8) is 0 Å². The Morgan fingerprint density at radius 3 is 1.89 bits per heavy atom. The second-order valence-electron chi connectivity index (χ2n) is 8.19. The quantitative estimate of drug-likeness (QED) is 0.197. The van der Waals surface area contributed by atoms with E-state index in [-0.39, 0.29) is 12.3 Å². The predicted octanol–water partition coefficient (Wildman–Crippen LogP) is 8.60. The van der Waals surface area contributed by atoms with Crippen LogP contribution < -0.4 is 4.74 Å². The molecule has 0 atom stereocenters. The molecule has 2 nitrogen and oxygen atoms in total. The zero-order valence-electron chi connectivity index (χ0n) is 19.1. The lowest BCUT2D eigenvalue weighted by Gasteiger charge is -2.20. The molecule has 0 aliphatic carbocycles. The van der Waals surface area contributed by atoms with Crippen LogP contribution in [0.3, 0.4) is 0 Å². The van der Waals surface area contributed by atoms with E-state index < -0.39 is 18.4 Å². The van der Waals surface area contributed by atoms with Crippen molar-refractivity contribution in [1.82, 2.24) is 0 Å². The molecule has 0 aliphatic rings. The number of benzene rings is 3. The molecular weight excluding hydrogens is 496 g/mol. The van der Waals surface area contributed by atoms with Crippen LogP contribution in [0.1, 0.15) is 42.4 Å². The van der Waals surface area contributed by atoms with E-state index in [0.29, 0.717) is 34.4 Å². The summed E-state index contributed by atoms with van der Waals surface area (Å²) in [7, 11) is 0. The van der Waals surface area contributed by atoms with Crippen LogP contribution in [0.4, 0.5) is 13.2 Å². The number of alkyl halides is 3. The largest absolute Gasteiger partial charge is 0.493 e. The monoisotopic (exact) mass is 520 g/mol. The highest BCUT2D eigenvalue weighted by molar-refractivity contribution is 6.30. The number of ketones is 1. The first-order valence-electron chi connectivity index (χ1n) is 11.1. The van der Waals surface area contributed by atoms with E-state index in [1.807, 2.05) is 48.5 Å². The van der Waals surface area contributed by atoms with Crippen molar-refractivity contribution in [3.8, 4) is 5.75 Å². The Bertz CT molecular complexity index is 1090.